The molecule has 0 spiro atoms. The molecule has 0 saturated carbocycles. The van der Waals surface area contributed by atoms with Gasteiger partial charge in [-0.15, -0.1) is 9.78 Å². The van der Waals surface area contributed by atoms with Crippen LogP contribution >= 0.6 is 12.2 Å². The fourth-order valence-corrected chi connectivity index (χ4v) is 1.79. The highest BCUT2D eigenvalue weighted by Crippen LogP contribution is 2.15. The van der Waals surface area contributed by atoms with Crippen LogP contribution in [-0.4, -0.2) is 38.3 Å². The molecule has 0 atom stereocenters. The van der Waals surface area contributed by atoms with Crippen molar-refractivity contribution in [2.45, 2.75) is 6.92 Å². The number of aromatic nitrogens is 3. The summed E-state index contributed by atoms with van der Waals surface area (Å²) in [6.07, 6.45) is 1.77. The number of ether oxygens (including phenoxy) is 1. The van der Waals surface area contributed by atoms with Gasteiger partial charge in [-0.1, -0.05) is 12.1 Å². The maximum Gasteiger partial charge on any atom is 0.437 e. The maximum absolute atomic E-state index is 11.6. The van der Waals surface area contributed by atoms with Gasteiger partial charge in [-0.25, -0.2) is 4.79 Å². The summed E-state index contributed by atoms with van der Waals surface area (Å²) in [5, 5.41) is 18.6. The minimum Gasteiger partial charge on any atom is -0.448 e. The Morgan fingerprint density at radius 1 is 1.55 bits per heavy atom. The van der Waals surface area contributed by atoms with E-state index in [0.29, 0.717) is 5.56 Å². The lowest BCUT2D eigenvalue weighted by atomic mass is 10.2. The third-order valence-corrected chi connectivity index (χ3v) is 2.91. The molecule has 0 aliphatic carbocycles. The predicted octanol–water partition coefficient (Wildman–Crippen LogP) is 2.21. The molecule has 1 aromatic carbocycles. The van der Waals surface area contributed by atoms with E-state index in [1.54, 1.807) is 25.1 Å². The van der Waals surface area contributed by atoms with Gasteiger partial charge in [0.05, 0.1) is 23.3 Å². The normalized spacial score (nSPS) is 10.8. The molecule has 0 saturated heterocycles. The van der Waals surface area contributed by atoms with Crippen molar-refractivity contribution < 1.29 is 14.5 Å². The highest BCUT2D eigenvalue weighted by molar-refractivity contribution is 7.71. The Kier molecular flexibility index (Phi) is 4.73. The molecule has 0 N–H and O–H groups in total. The van der Waals surface area contributed by atoms with Gasteiger partial charge in [0.1, 0.15) is 6.33 Å². The summed E-state index contributed by atoms with van der Waals surface area (Å²) in [5.41, 5.74) is 0.217. The first-order valence-corrected chi connectivity index (χ1v) is 6.57. The lowest BCUT2D eigenvalue weighted by Gasteiger charge is -1.99. The standard InChI is InChI=1S/C12H11N5O4S/c1-2-21-12(18)16-11(22)15(8-14-16)13-7-9-5-3-4-6-10(9)17(19)20/h3-8H,2H2,1H3/b13-7+. The van der Waals surface area contributed by atoms with E-state index >= 15 is 0 Å². The minimum atomic E-state index is -0.716. The Bertz CT molecular complexity index is 795. The molecule has 0 fully saturated rings. The van der Waals surface area contributed by atoms with Crippen LogP contribution in [0.25, 0.3) is 0 Å². The average Bonchev–Trinajstić information content (AvgIpc) is 2.86. The summed E-state index contributed by atoms with van der Waals surface area (Å²) in [4.78, 5) is 21.9. The Morgan fingerprint density at radius 2 is 2.27 bits per heavy atom. The quantitative estimate of drug-likeness (QED) is 0.370. The summed E-state index contributed by atoms with van der Waals surface area (Å²) in [7, 11) is 0. The molecule has 0 unspecified atom stereocenters. The molecule has 0 radical (unpaired) electrons. The van der Waals surface area contributed by atoms with Gasteiger partial charge in [0.25, 0.3) is 5.69 Å². The number of rotatable bonds is 4. The molecule has 0 bridgehead atoms. The molecule has 2 aromatic rings. The highest BCUT2D eigenvalue weighted by Gasteiger charge is 2.12. The average molecular weight is 321 g/mol. The van der Waals surface area contributed by atoms with E-state index in [2.05, 4.69) is 10.2 Å². The fourth-order valence-electron chi connectivity index (χ4n) is 1.57. The summed E-state index contributed by atoms with van der Waals surface area (Å²) in [5.74, 6) is 0. The molecule has 22 heavy (non-hydrogen) atoms. The Hall–Kier alpha value is -2.88. The van der Waals surface area contributed by atoms with Gasteiger partial charge in [-0.2, -0.15) is 9.78 Å². The van der Waals surface area contributed by atoms with Crippen molar-refractivity contribution in [1.82, 2.24) is 14.5 Å². The molecule has 1 aromatic heterocycles. The number of hydrogen-bond donors (Lipinski definition) is 0. The molecule has 1 heterocycles. The monoisotopic (exact) mass is 321 g/mol. The predicted molar refractivity (Wildman–Crippen MR) is 79.6 cm³/mol. The van der Waals surface area contributed by atoms with E-state index in [9.17, 15) is 14.9 Å². The number of carbonyl (C=O) groups excluding carboxylic acids is 1. The first-order chi connectivity index (χ1) is 10.5. The number of nitro groups is 1. The number of nitro benzene ring substituents is 1. The SMILES string of the molecule is CCOC(=O)n1ncn(/N=C/c2ccccc2[N+](=O)[O-])c1=S. The maximum atomic E-state index is 11.6. The molecule has 0 aliphatic heterocycles. The van der Waals surface area contributed by atoms with Crippen molar-refractivity contribution in [1.29, 1.82) is 0 Å². The number of para-hydroxylation sites is 1. The van der Waals surface area contributed by atoms with Gasteiger partial charge in [-0.05, 0) is 25.2 Å². The summed E-state index contributed by atoms with van der Waals surface area (Å²) >= 11 is 5.03. The van der Waals surface area contributed by atoms with Crippen LogP contribution in [0.2, 0.25) is 0 Å². The zero-order valence-electron chi connectivity index (χ0n) is 11.4. The van der Waals surface area contributed by atoms with Crippen LogP contribution < -0.4 is 0 Å². The Balaban J connectivity index is 2.31. The van der Waals surface area contributed by atoms with Gasteiger partial charge in [-0.3, -0.25) is 10.1 Å². The molecule has 2 rings (SSSR count). The summed E-state index contributed by atoms with van der Waals surface area (Å²) < 4.78 is 6.78. The number of hydrogen-bond acceptors (Lipinski definition) is 7. The van der Waals surface area contributed by atoms with Crippen molar-refractivity contribution in [3.63, 3.8) is 0 Å². The van der Waals surface area contributed by atoms with Gasteiger partial charge in [0.15, 0.2) is 0 Å². The van der Waals surface area contributed by atoms with E-state index in [4.69, 9.17) is 17.0 Å². The van der Waals surface area contributed by atoms with Crippen molar-refractivity contribution in [3.8, 4) is 0 Å². The topological polar surface area (TPSA) is 105 Å². The van der Waals surface area contributed by atoms with Gasteiger partial charge in [0, 0.05) is 6.07 Å². The third kappa shape index (κ3) is 3.23. The molecule has 114 valence electrons. The van der Waals surface area contributed by atoms with E-state index in [1.165, 1.54) is 18.6 Å². The second-order valence-corrected chi connectivity index (χ2v) is 4.29. The second-order valence-electron chi connectivity index (χ2n) is 3.93. The smallest absolute Gasteiger partial charge is 0.437 e. The molecular formula is C12H11N5O4S. The summed E-state index contributed by atoms with van der Waals surface area (Å²) in [6, 6.07) is 6.11. The molecule has 10 heteroatoms. The van der Waals surface area contributed by atoms with E-state index in [-0.39, 0.29) is 17.1 Å². The first-order valence-electron chi connectivity index (χ1n) is 6.16. The third-order valence-electron chi connectivity index (χ3n) is 2.55. The minimum absolute atomic E-state index is 0.00622. The van der Waals surface area contributed by atoms with E-state index < -0.39 is 11.0 Å². The van der Waals surface area contributed by atoms with Crippen molar-refractivity contribution in [3.05, 3.63) is 51.0 Å². The van der Waals surface area contributed by atoms with E-state index in [0.717, 1.165) is 9.36 Å². The van der Waals surface area contributed by atoms with Gasteiger partial charge < -0.3 is 4.74 Å². The van der Waals surface area contributed by atoms with Gasteiger partial charge >= 0.3 is 6.09 Å². The Labute approximate surface area is 129 Å². The number of nitrogens with zero attached hydrogens (tertiary/aromatic N) is 5. The molecule has 0 amide bonds. The van der Waals surface area contributed by atoms with Crippen LogP contribution in [0.5, 0.6) is 0 Å². The van der Waals surface area contributed by atoms with Crippen molar-refractivity contribution >= 4 is 30.2 Å². The molecular weight excluding hydrogens is 310 g/mol. The van der Waals surface area contributed by atoms with Crippen molar-refractivity contribution in [2.24, 2.45) is 5.10 Å². The van der Waals surface area contributed by atoms with Crippen LogP contribution in [0.4, 0.5) is 10.5 Å². The molecule has 0 aliphatic rings. The van der Waals surface area contributed by atoms with Crippen LogP contribution in [0, 0.1) is 14.9 Å². The van der Waals surface area contributed by atoms with Crippen LogP contribution in [0.15, 0.2) is 35.7 Å². The zero-order chi connectivity index (χ0) is 16.1. The van der Waals surface area contributed by atoms with Crippen LogP contribution in [0.1, 0.15) is 12.5 Å². The van der Waals surface area contributed by atoms with Crippen LogP contribution in [0.3, 0.4) is 0 Å². The molecule has 9 nitrogen and oxygen atoms in total. The van der Waals surface area contributed by atoms with Crippen LogP contribution in [-0.2, 0) is 4.74 Å². The second kappa shape index (κ2) is 6.72. The summed E-state index contributed by atoms with van der Waals surface area (Å²) in [6.45, 7) is 1.85. The fraction of sp³-hybridized carbons (Fsp3) is 0.167. The Morgan fingerprint density at radius 3 is 2.95 bits per heavy atom. The highest BCUT2D eigenvalue weighted by atomic mass is 32.1. The zero-order valence-corrected chi connectivity index (χ0v) is 12.3. The lowest BCUT2D eigenvalue weighted by Crippen LogP contribution is -2.15. The largest absolute Gasteiger partial charge is 0.448 e. The first kappa shape index (κ1) is 15.5. The van der Waals surface area contributed by atoms with Gasteiger partial charge in [0.2, 0.25) is 4.77 Å². The lowest BCUT2D eigenvalue weighted by molar-refractivity contribution is -0.385. The van der Waals surface area contributed by atoms with Crippen molar-refractivity contribution in [2.75, 3.05) is 6.61 Å². The number of benzene rings is 1. The van der Waals surface area contributed by atoms with E-state index in [1.807, 2.05) is 0 Å². The number of carbonyl (C=O) groups is 1.